The molecule has 0 aromatic heterocycles. The number of amides is 2. The number of nitrogens with zero attached hydrogens (tertiary/aromatic N) is 1. The van der Waals surface area contributed by atoms with Gasteiger partial charge in [-0.15, -0.1) is 0 Å². The number of carbonyl (C=O) groups excluding carboxylic acids is 2. The van der Waals surface area contributed by atoms with Crippen LogP contribution in [-0.2, 0) is 19.1 Å². The van der Waals surface area contributed by atoms with E-state index in [1.807, 2.05) is 36.4 Å². The van der Waals surface area contributed by atoms with Crippen LogP contribution >= 0.6 is 0 Å². The van der Waals surface area contributed by atoms with E-state index in [1.54, 1.807) is 0 Å². The van der Waals surface area contributed by atoms with Gasteiger partial charge in [-0.05, 0) is 36.1 Å². The smallest absolute Gasteiger partial charge is 0.408 e. The van der Waals surface area contributed by atoms with E-state index in [-0.39, 0.29) is 32.2 Å². The lowest BCUT2D eigenvalue weighted by atomic mass is 9.93. The molecule has 2 aromatic carbocycles. The van der Waals surface area contributed by atoms with Crippen LogP contribution in [0.4, 0.5) is 4.79 Å². The number of nitrogens with one attached hydrogen (secondary N) is 1. The number of alkyl carbamates (subject to hydrolysis) is 1. The summed E-state index contributed by atoms with van der Waals surface area (Å²) in [5.74, 6) is -1.77. The number of carboxylic acid groups (broad SMARTS) is 1. The summed E-state index contributed by atoms with van der Waals surface area (Å²) in [7, 11) is 1.42. The number of ether oxygens (including phenoxy) is 2. The lowest BCUT2D eigenvalue weighted by Gasteiger charge is -2.38. The molecule has 8 heteroatoms. The highest BCUT2D eigenvalue weighted by Gasteiger charge is 2.51. The van der Waals surface area contributed by atoms with Crippen molar-refractivity contribution in [1.29, 1.82) is 0 Å². The van der Waals surface area contributed by atoms with Crippen LogP contribution in [-0.4, -0.2) is 65.9 Å². The minimum absolute atomic E-state index is 0.0917. The van der Waals surface area contributed by atoms with Crippen LogP contribution in [0, 0.1) is 0 Å². The fourth-order valence-electron chi connectivity index (χ4n) is 4.69. The summed E-state index contributed by atoms with van der Waals surface area (Å²) >= 11 is 0. The summed E-state index contributed by atoms with van der Waals surface area (Å²) in [4.78, 5) is 38.8. The molecule has 1 saturated heterocycles. The van der Waals surface area contributed by atoms with Gasteiger partial charge in [0.25, 0.3) is 0 Å². The summed E-state index contributed by atoms with van der Waals surface area (Å²) in [6.07, 6.45) is -0.554. The molecule has 8 nitrogen and oxygen atoms in total. The van der Waals surface area contributed by atoms with Crippen LogP contribution in [0.5, 0.6) is 0 Å². The zero-order valence-electron chi connectivity index (χ0n) is 19.0. The normalized spacial score (nSPS) is 19.5. The molecule has 1 heterocycles. The molecular formula is C25H28N2O6. The molecule has 0 radical (unpaired) electrons. The van der Waals surface area contributed by atoms with Crippen molar-refractivity contribution in [2.45, 2.75) is 37.3 Å². The van der Waals surface area contributed by atoms with Crippen molar-refractivity contribution in [3.63, 3.8) is 0 Å². The number of rotatable bonds is 6. The molecule has 1 fully saturated rings. The molecule has 2 aliphatic rings. The summed E-state index contributed by atoms with van der Waals surface area (Å²) in [6.45, 7) is 3.33. The van der Waals surface area contributed by atoms with E-state index in [1.165, 1.54) is 20.9 Å². The standard InChI is InChI=1S/C25H28N2O6/c1-24(2,21(28)27(3)25(22(29)30)12-13-32-15-25)26-23(31)33-14-20-18-10-6-4-8-16(18)17-9-5-7-11-19(17)20/h4-11,20H,12-15H2,1-3H3,(H,26,31)(H,29,30). The third-order valence-corrected chi connectivity index (χ3v) is 6.64. The lowest BCUT2D eigenvalue weighted by molar-refractivity contribution is -0.160. The average molecular weight is 453 g/mol. The Morgan fingerprint density at radius 2 is 1.70 bits per heavy atom. The molecule has 2 aromatic rings. The summed E-state index contributed by atoms with van der Waals surface area (Å²) in [6, 6.07) is 16.0. The fraction of sp³-hybridized carbons (Fsp3) is 0.400. The van der Waals surface area contributed by atoms with Crippen LogP contribution in [0.25, 0.3) is 11.1 Å². The van der Waals surface area contributed by atoms with Crippen LogP contribution in [0.2, 0.25) is 0 Å². The molecule has 1 aliphatic heterocycles. The molecule has 1 atom stereocenters. The molecule has 0 bridgehead atoms. The first kappa shape index (κ1) is 22.8. The van der Waals surface area contributed by atoms with E-state index in [0.29, 0.717) is 0 Å². The molecule has 0 spiro atoms. The van der Waals surface area contributed by atoms with Crippen molar-refractivity contribution in [3.8, 4) is 11.1 Å². The van der Waals surface area contributed by atoms with Gasteiger partial charge in [0.1, 0.15) is 12.1 Å². The van der Waals surface area contributed by atoms with E-state index in [2.05, 4.69) is 17.4 Å². The zero-order valence-corrected chi connectivity index (χ0v) is 19.0. The highest BCUT2D eigenvalue weighted by Crippen LogP contribution is 2.44. The summed E-state index contributed by atoms with van der Waals surface area (Å²) < 4.78 is 10.8. The SMILES string of the molecule is CN(C(=O)C(C)(C)NC(=O)OCC1c2ccccc2-c2ccccc21)C1(C(=O)O)CCOC1. The number of fused-ring (bicyclic) bond motifs is 3. The number of carboxylic acids is 1. The minimum atomic E-state index is -1.45. The van der Waals surface area contributed by atoms with Gasteiger partial charge in [0.15, 0.2) is 5.54 Å². The van der Waals surface area contributed by atoms with Crippen LogP contribution < -0.4 is 5.32 Å². The van der Waals surface area contributed by atoms with E-state index in [4.69, 9.17) is 9.47 Å². The molecule has 4 rings (SSSR count). The Balaban J connectivity index is 1.44. The zero-order chi connectivity index (χ0) is 23.8. The first-order chi connectivity index (χ1) is 15.7. The fourth-order valence-corrected chi connectivity index (χ4v) is 4.69. The van der Waals surface area contributed by atoms with Crippen molar-refractivity contribution in [2.24, 2.45) is 0 Å². The van der Waals surface area contributed by atoms with Gasteiger partial charge in [-0.2, -0.15) is 0 Å². The third-order valence-electron chi connectivity index (χ3n) is 6.64. The van der Waals surface area contributed by atoms with Crippen LogP contribution in [0.1, 0.15) is 37.3 Å². The number of hydrogen-bond donors (Lipinski definition) is 2. The second-order valence-corrected chi connectivity index (χ2v) is 9.08. The van der Waals surface area contributed by atoms with E-state index >= 15 is 0 Å². The van der Waals surface area contributed by atoms with Crippen molar-refractivity contribution < 1.29 is 29.0 Å². The lowest BCUT2D eigenvalue weighted by Crippen LogP contribution is -2.63. The second-order valence-electron chi connectivity index (χ2n) is 9.08. The van der Waals surface area contributed by atoms with Gasteiger partial charge >= 0.3 is 12.1 Å². The molecule has 1 unspecified atom stereocenters. The van der Waals surface area contributed by atoms with Crippen molar-refractivity contribution in [3.05, 3.63) is 59.7 Å². The highest BCUT2D eigenvalue weighted by atomic mass is 16.5. The Morgan fingerprint density at radius 1 is 1.12 bits per heavy atom. The Morgan fingerprint density at radius 3 is 2.21 bits per heavy atom. The van der Waals surface area contributed by atoms with Gasteiger partial charge in [0.2, 0.25) is 5.91 Å². The molecule has 2 N–H and O–H groups in total. The third kappa shape index (κ3) is 3.95. The van der Waals surface area contributed by atoms with Crippen molar-refractivity contribution in [2.75, 3.05) is 26.9 Å². The van der Waals surface area contributed by atoms with E-state index in [0.717, 1.165) is 27.2 Å². The van der Waals surface area contributed by atoms with Crippen molar-refractivity contribution in [1.82, 2.24) is 10.2 Å². The highest BCUT2D eigenvalue weighted by molar-refractivity contribution is 5.94. The van der Waals surface area contributed by atoms with Gasteiger partial charge in [0, 0.05) is 26.0 Å². The molecule has 1 aliphatic carbocycles. The topological polar surface area (TPSA) is 105 Å². The molecular weight excluding hydrogens is 424 g/mol. The molecule has 2 amide bonds. The molecule has 174 valence electrons. The maximum atomic E-state index is 13.1. The second kappa shape index (κ2) is 8.51. The van der Waals surface area contributed by atoms with Gasteiger partial charge in [-0.3, -0.25) is 4.79 Å². The van der Waals surface area contributed by atoms with Gasteiger partial charge in [0.05, 0.1) is 6.61 Å². The Bertz CT molecular complexity index is 1040. The van der Waals surface area contributed by atoms with Gasteiger partial charge in [-0.25, -0.2) is 9.59 Å². The number of hydrogen-bond acceptors (Lipinski definition) is 5. The van der Waals surface area contributed by atoms with E-state index in [9.17, 15) is 19.5 Å². The number of aliphatic carboxylic acids is 1. The molecule has 0 saturated carbocycles. The number of likely N-dealkylation sites (N-methyl/N-ethyl adjacent to an activating group) is 1. The maximum Gasteiger partial charge on any atom is 0.408 e. The van der Waals surface area contributed by atoms with Crippen molar-refractivity contribution >= 4 is 18.0 Å². The number of benzene rings is 2. The summed E-state index contributed by atoms with van der Waals surface area (Å²) in [5, 5.41) is 12.3. The average Bonchev–Trinajstić information content (AvgIpc) is 3.41. The van der Waals surface area contributed by atoms with Crippen LogP contribution in [0.15, 0.2) is 48.5 Å². The maximum absolute atomic E-state index is 13.1. The Labute approximate surface area is 192 Å². The molecule has 33 heavy (non-hydrogen) atoms. The predicted octanol–water partition coefficient (Wildman–Crippen LogP) is 3.01. The predicted molar refractivity (Wildman–Crippen MR) is 121 cm³/mol. The Hall–Kier alpha value is -3.39. The minimum Gasteiger partial charge on any atom is -0.479 e. The van der Waals surface area contributed by atoms with E-state index < -0.39 is 29.0 Å². The Kier molecular flexibility index (Phi) is 5.88. The first-order valence-electron chi connectivity index (χ1n) is 10.9. The van der Waals surface area contributed by atoms with Crippen LogP contribution in [0.3, 0.4) is 0 Å². The van der Waals surface area contributed by atoms with Gasteiger partial charge in [-0.1, -0.05) is 48.5 Å². The largest absolute Gasteiger partial charge is 0.479 e. The number of carbonyl (C=O) groups is 3. The first-order valence-corrected chi connectivity index (χ1v) is 10.9. The summed E-state index contributed by atoms with van der Waals surface area (Å²) in [5.41, 5.74) is 1.60. The van der Waals surface area contributed by atoms with Gasteiger partial charge < -0.3 is 24.8 Å². The monoisotopic (exact) mass is 452 g/mol. The quantitative estimate of drug-likeness (QED) is 0.698.